The minimum Gasteiger partial charge on any atom is -0.504 e. The summed E-state index contributed by atoms with van der Waals surface area (Å²) in [5, 5.41) is 89.1. The highest BCUT2D eigenvalue weighted by Gasteiger charge is 2.46. The molecule has 2 aliphatic rings. The van der Waals surface area contributed by atoms with Crippen LogP contribution in [0.1, 0.15) is 17.2 Å². The molecule has 0 bridgehead atoms. The summed E-state index contributed by atoms with van der Waals surface area (Å²) in [6, 6.07) is 4.77. The number of fused-ring (bicyclic) bond motifs is 1. The lowest BCUT2D eigenvalue weighted by Gasteiger charge is -2.41. The number of phenolic OH excluding ortho intramolecular Hbond substituents is 5. The van der Waals surface area contributed by atoms with Gasteiger partial charge < -0.3 is 60.2 Å². The van der Waals surface area contributed by atoms with Crippen LogP contribution in [0.3, 0.4) is 0 Å². The summed E-state index contributed by atoms with van der Waals surface area (Å²) in [5.74, 6) is -3.31. The highest BCUT2D eigenvalue weighted by molar-refractivity contribution is 5.74. The Morgan fingerprint density at radius 2 is 1.55 bits per heavy atom. The van der Waals surface area contributed by atoms with E-state index in [1.807, 2.05) is 0 Å². The molecule has 2 aromatic carbocycles. The molecule has 4 rings (SSSR count). The van der Waals surface area contributed by atoms with E-state index >= 15 is 0 Å². The standard InChI is InChI=1S/C21H22O12/c22-6-14-17(28)18(29)19(30)21(33-14)32-13-4-8-12(5-11(25)16(27)15(8)26)31-20(13)7-1-2-9(23)10(24)3-7/h1-5,14,17-30H,6H2. The molecule has 2 aliphatic heterocycles. The lowest BCUT2D eigenvalue weighted by molar-refractivity contribution is -0.293. The first-order valence-electron chi connectivity index (χ1n) is 9.77. The van der Waals surface area contributed by atoms with Crippen molar-refractivity contribution in [2.24, 2.45) is 0 Å². The number of rotatable bonds is 4. The van der Waals surface area contributed by atoms with Gasteiger partial charge in [-0.3, -0.25) is 0 Å². The zero-order chi connectivity index (χ0) is 24.0. The quantitative estimate of drug-likeness (QED) is 0.261. The van der Waals surface area contributed by atoms with Crippen molar-refractivity contribution < 1.29 is 60.2 Å². The van der Waals surface area contributed by atoms with Crippen LogP contribution in [0.4, 0.5) is 0 Å². The molecule has 2 aromatic rings. The zero-order valence-electron chi connectivity index (χ0n) is 16.8. The molecule has 12 heteroatoms. The Kier molecular flexibility index (Phi) is 5.86. The predicted molar refractivity (Wildman–Crippen MR) is 107 cm³/mol. The van der Waals surface area contributed by atoms with Gasteiger partial charge in [0.2, 0.25) is 12.0 Å². The van der Waals surface area contributed by atoms with Crippen molar-refractivity contribution in [2.75, 3.05) is 6.61 Å². The predicted octanol–water partition coefficient (Wildman–Crippen LogP) is -0.494. The van der Waals surface area contributed by atoms with E-state index in [2.05, 4.69) is 0 Å². The van der Waals surface area contributed by atoms with Crippen LogP contribution in [0, 0.1) is 0 Å². The molecular weight excluding hydrogens is 444 g/mol. The monoisotopic (exact) mass is 466 g/mol. The molecule has 33 heavy (non-hydrogen) atoms. The second kappa shape index (κ2) is 8.50. The Hall–Kier alpha value is -3.42. The average molecular weight is 466 g/mol. The average Bonchev–Trinajstić information content (AvgIpc) is 2.79. The summed E-state index contributed by atoms with van der Waals surface area (Å²) < 4.78 is 16.9. The molecule has 9 N–H and O–H groups in total. The zero-order valence-corrected chi connectivity index (χ0v) is 16.8. The van der Waals surface area contributed by atoms with Crippen LogP contribution in [-0.4, -0.2) is 83.3 Å². The summed E-state index contributed by atoms with van der Waals surface area (Å²) in [4.78, 5) is 0. The van der Waals surface area contributed by atoms with Crippen LogP contribution in [-0.2, 0) is 9.47 Å². The molecule has 0 aliphatic carbocycles. The van der Waals surface area contributed by atoms with Gasteiger partial charge in [0.05, 0.1) is 12.2 Å². The van der Waals surface area contributed by atoms with Crippen LogP contribution in [0.25, 0.3) is 6.08 Å². The third-order valence-electron chi connectivity index (χ3n) is 5.45. The summed E-state index contributed by atoms with van der Waals surface area (Å²) >= 11 is 0. The molecule has 6 atom stereocenters. The van der Waals surface area contributed by atoms with E-state index in [1.54, 1.807) is 0 Å². The molecule has 12 nitrogen and oxygen atoms in total. The highest BCUT2D eigenvalue weighted by Crippen LogP contribution is 2.49. The van der Waals surface area contributed by atoms with E-state index in [4.69, 9.17) is 14.2 Å². The van der Waals surface area contributed by atoms with Crippen LogP contribution in [0.5, 0.6) is 34.5 Å². The van der Waals surface area contributed by atoms with E-state index in [0.717, 1.165) is 12.1 Å². The van der Waals surface area contributed by atoms with E-state index < -0.39 is 72.2 Å². The van der Waals surface area contributed by atoms with Crippen molar-refractivity contribution in [1.82, 2.24) is 0 Å². The second-order valence-corrected chi connectivity index (χ2v) is 7.61. The molecule has 178 valence electrons. The van der Waals surface area contributed by atoms with Gasteiger partial charge in [0.1, 0.15) is 35.9 Å². The Balaban J connectivity index is 1.77. The number of aliphatic hydroxyl groups is 4. The van der Waals surface area contributed by atoms with Crippen LogP contribution in [0.2, 0.25) is 0 Å². The van der Waals surface area contributed by atoms with Gasteiger partial charge in [-0.2, -0.15) is 0 Å². The second-order valence-electron chi connectivity index (χ2n) is 7.61. The van der Waals surface area contributed by atoms with Crippen LogP contribution in [0.15, 0.2) is 30.0 Å². The van der Waals surface area contributed by atoms with E-state index in [1.165, 1.54) is 18.2 Å². The Bertz CT molecular complexity index is 1080. The number of aromatic hydroxyl groups is 5. The van der Waals surface area contributed by atoms with Gasteiger partial charge in [-0.25, -0.2) is 0 Å². The Morgan fingerprint density at radius 3 is 2.21 bits per heavy atom. The number of ether oxygens (including phenoxy) is 3. The van der Waals surface area contributed by atoms with Crippen molar-refractivity contribution in [3.63, 3.8) is 0 Å². The van der Waals surface area contributed by atoms with E-state index in [-0.39, 0.29) is 22.6 Å². The number of phenols is 5. The van der Waals surface area contributed by atoms with E-state index in [0.29, 0.717) is 0 Å². The van der Waals surface area contributed by atoms with Gasteiger partial charge in [-0.1, -0.05) is 6.07 Å². The third kappa shape index (κ3) is 3.94. The molecule has 1 saturated heterocycles. The molecule has 6 unspecified atom stereocenters. The summed E-state index contributed by atoms with van der Waals surface area (Å²) in [7, 11) is 0. The lowest BCUT2D eigenvalue weighted by atomic mass is 9.98. The molecule has 0 spiro atoms. The fourth-order valence-electron chi connectivity index (χ4n) is 3.61. The van der Waals surface area contributed by atoms with Crippen molar-refractivity contribution in [2.45, 2.75) is 36.8 Å². The van der Waals surface area contributed by atoms with E-state index in [9.17, 15) is 46.0 Å². The topological polar surface area (TPSA) is 210 Å². The Labute approximate surface area is 186 Å². The molecule has 0 aromatic heterocycles. The van der Waals surface area contributed by atoms with Crippen molar-refractivity contribution in [3.8, 4) is 34.5 Å². The molecule has 0 amide bonds. The first-order chi connectivity index (χ1) is 15.6. The third-order valence-corrected chi connectivity index (χ3v) is 5.45. The van der Waals surface area contributed by atoms with Gasteiger partial charge >= 0.3 is 0 Å². The lowest BCUT2D eigenvalue weighted by Crippen LogP contribution is -2.59. The van der Waals surface area contributed by atoms with Crippen molar-refractivity contribution >= 4 is 6.08 Å². The molecule has 2 heterocycles. The van der Waals surface area contributed by atoms with Crippen molar-refractivity contribution in [1.29, 1.82) is 0 Å². The largest absolute Gasteiger partial charge is 0.504 e. The normalized spacial score (nSPS) is 29.0. The van der Waals surface area contributed by atoms with Crippen LogP contribution >= 0.6 is 0 Å². The number of hydrogen-bond acceptors (Lipinski definition) is 12. The number of benzene rings is 2. The van der Waals surface area contributed by atoms with Gasteiger partial charge in [0.25, 0.3) is 0 Å². The maximum atomic E-state index is 10.3. The first kappa shape index (κ1) is 22.8. The smallest absolute Gasteiger partial charge is 0.228 e. The maximum absolute atomic E-state index is 10.3. The summed E-state index contributed by atoms with van der Waals surface area (Å²) in [6.07, 6.45) is -7.90. The Morgan fingerprint density at radius 1 is 0.818 bits per heavy atom. The highest BCUT2D eigenvalue weighted by atomic mass is 16.7. The fourth-order valence-corrected chi connectivity index (χ4v) is 3.61. The maximum Gasteiger partial charge on any atom is 0.228 e. The molecule has 0 saturated carbocycles. The summed E-state index contributed by atoms with van der Waals surface area (Å²) in [5.41, 5.74) is 0.142. The summed E-state index contributed by atoms with van der Waals surface area (Å²) in [6.45, 7) is -0.688. The molecule has 0 radical (unpaired) electrons. The fraction of sp³-hybridized carbons (Fsp3) is 0.333. The minimum atomic E-state index is -1.75. The molecule has 1 fully saturated rings. The van der Waals surface area contributed by atoms with Gasteiger partial charge in [-0.15, -0.1) is 0 Å². The van der Waals surface area contributed by atoms with Crippen molar-refractivity contribution in [3.05, 3.63) is 41.2 Å². The molecular formula is C21H22O12. The van der Waals surface area contributed by atoms with Gasteiger partial charge in [0.15, 0.2) is 29.1 Å². The minimum absolute atomic E-state index is 0.0680. The first-order valence-corrected chi connectivity index (χ1v) is 9.77. The van der Waals surface area contributed by atoms with Crippen LogP contribution < -0.4 is 4.74 Å². The van der Waals surface area contributed by atoms with Gasteiger partial charge in [-0.05, 0) is 18.2 Å². The van der Waals surface area contributed by atoms with Gasteiger partial charge in [0, 0.05) is 11.6 Å². The number of aliphatic hydroxyl groups excluding tert-OH is 4. The number of hydrogen-bond donors (Lipinski definition) is 9. The SMILES string of the molecule is OCC1OC(OC2=Cc3c(cc(O)c(O)c3O)OC2c2ccc(O)c(O)c2)C(O)C(O)C1O.